The Hall–Kier alpha value is -2.49. The lowest BCUT2D eigenvalue weighted by atomic mass is 9.89. The molecule has 200 valence electrons. The summed E-state index contributed by atoms with van der Waals surface area (Å²) in [5, 5.41) is 1.90. The van der Waals surface area contributed by atoms with Crippen molar-refractivity contribution in [3.63, 3.8) is 0 Å². The molecule has 2 N–H and O–H groups in total. The van der Waals surface area contributed by atoms with Gasteiger partial charge in [-0.2, -0.15) is 0 Å². The lowest BCUT2D eigenvalue weighted by Gasteiger charge is -2.53. The van der Waals surface area contributed by atoms with Crippen LogP contribution in [0.1, 0.15) is 22.8 Å². The molecule has 1 amide bonds. The molecule has 0 bridgehead atoms. The van der Waals surface area contributed by atoms with Gasteiger partial charge in [0.1, 0.15) is 16.8 Å². The fourth-order valence-electron chi connectivity index (χ4n) is 4.42. The maximum atomic E-state index is 14.0. The van der Waals surface area contributed by atoms with Crippen molar-refractivity contribution in [1.29, 1.82) is 0 Å². The Morgan fingerprint density at radius 3 is 2.37 bits per heavy atom. The van der Waals surface area contributed by atoms with E-state index in [9.17, 15) is 9.59 Å². The van der Waals surface area contributed by atoms with Crippen molar-refractivity contribution in [3.8, 4) is 0 Å². The monoisotopic (exact) mass is 589 g/mol. The highest BCUT2D eigenvalue weighted by molar-refractivity contribution is 8.02. The van der Waals surface area contributed by atoms with Crippen LogP contribution in [0.3, 0.4) is 0 Å². The number of rotatable bonds is 8. The van der Waals surface area contributed by atoms with Crippen LogP contribution >= 0.6 is 48.3 Å². The standard InChI is InChI=1S/C28H27N3O3S2.2ClH/c29-23-25(32)31-17-28(19-36-26(23)31,18-35-15-13-20-8-7-14-30-16-20)27(33)34-24(21-9-3-1-4-10-21)22-11-5-2-6-12-22;;/h1-16,23-24,26H,17-19,29H2;2*1H/t23?,26-,28?;;/m1../s1. The number of benzene rings is 2. The number of nitrogens with zero attached hydrogens (tertiary/aromatic N) is 2. The summed E-state index contributed by atoms with van der Waals surface area (Å²) >= 11 is 3.10. The summed E-state index contributed by atoms with van der Waals surface area (Å²) in [4.78, 5) is 32.3. The number of carbonyl (C=O) groups excluding carboxylic acids is 2. The average molecular weight is 591 g/mol. The summed E-state index contributed by atoms with van der Waals surface area (Å²) in [6.45, 7) is 0.306. The normalized spacial score (nSPS) is 22.2. The van der Waals surface area contributed by atoms with Crippen LogP contribution in [0.2, 0.25) is 0 Å². The zero-order valence-electron chi connectivity index (χ0n) is 20.4. The molecule has 38 heavy (non-hydrogen) atoms. The van der Waals surface area contributed by atoms with Crippen molar-refractivity contribution < 1.29 is 14.3 Å². The van der Waals surface area contributed by atoms with E-state index in [2.05, 4.69) is 4.98 Å². The van der Waals surface area contributed by atoms with Crippen molar-refractivity contribution in [2.24, 2.45) is 11.1 Å². The number of halogens is 2. The van der Waals surface area contributed by atoms with E-state index in [1.54, 1.807) is 29.1 Å². The third-order valence-electron chi connectivity index (χ3n) is 6.45. The van der Waals surface area contributed by atoms with Crippen molar-refractivity contribution in [2.75, 3.05) is 18.1 Å². The van der Waals surface area contributed by atoms with E-state index in [4.69, 9.17) is 10.5 Å². The number of fused-ring (bicyclic) bond motifs is 1. The van der Waals surface area contributed by atoms with Gasteiger partial charge in [0, 0.05) is 30.4 Å². The number of pyridine rings is 1. The molecular formula is C28H29Cl2N3O3S2. The molecule has 5 rings (SSSR count). The average Bonchev–Trinajstić information content (AvgIpc) is 2.95. The van der Waals surface area contributed by atoms with E-state index >= 15 is 0 Å². The summed E-state index contributed by atoms with van der Waals surface area (Å²) in [5.41, 5.74) is 7.94. The molecular weight excluding hydrogens is 561 g/mol. The molecule has 2 saturated heterocycles. The summed E-state index contributed by atoms with van der Waals surface area (Å²) in [5.74, 6) is 0.611. The lowest BCUT2D eigenvalue weighted by Crippen LogP contribution is -2.72. The van der Waals surface area contributed by atoms with E-state index < -0.39 is 17.6 Å². The minimum Gasteiger partial charge on any atom is -0.452 e. The molecule has 0 spiro atoms. The number of hydrogen-bond acceptors (Lipinski definition) is 7. The number of β-lactam (4-membered cyclic amide) rings is 1. The number of amides is 1. The van der Waals surface area contributed by atoms with Gasteiger partial charge in [-0.1, -0.05) is 66.7 Å². The summed E-state index contributed by atoms with van der Waals surface area (Å²) in [6.07, 6.45) is 4.95. The van der Waals surface area contributed by atoms with E-state index in [0.717, 1.165) is 16.7 Å². The molecule has 2 fully saturated rings. The molecule has 2 aliphatic heterocycles. The van der Waals surface area contributed by atoms with Gasteiger partial charge in [-0.15, -0.1) is 48.3 Å². The highest BCUT2D eigenvalue weighted by Crippen LogP contribution is 2.44. The minimum absolute atomic E-state index is 0. The SMILES string of the molecule is Cl.Cl.NC1C(=O)N2CC(CSC=Cc3cccnc3)(C(=O)OC(c3ccccc3)c3ccccc3)CS[C@H]12. The molecule has 1 aromatic heterocycles. The largest absolute Gasteiger partial charge is 0.452 e. The van der Waals surface area contributed by atoms with Crippen LogP contribution in [0.5, 0.6) is 0 Å². The van der Waals surface area contributed by atoms with Gasteiger partial charge in [0.15, 0.2) is 6.10 Å². The molecule has 0 radical (unpaired) electrons. The van der Waals surface area contributed by atoms with E-state index in [1.807, 2.05) is 84.3 Å². The fourth-order valence-corrected chi connectivity index (χ4v) is 7.02. The molecule has 0 saturated carbocycles. The zero-order chi connectivity index (χ0) is 25.0. The summed E-state index contributed by atoms with van der Waals surface area (Å²) in [7, 11) is 0. The van der Waals surface area contributed by atoms with Crippen molar-refractivity contribution in [2.45, 2.75) is 17.5 Å². The molecule has 2 aliphatic rings. The topological polar surface area (TPSA) is 85.5 Å². The van der Waals surface area contributed by atoms with Crippen LogP contribution < -0.4 is 5.73 Å². The molecule has 2 aromatic carbocycles. The second-order valence-corrected chi connectivity index (χ2v) is 11.0. The quantitative estimate of drug-likeness (QED) is 0.286. The maximum absolute atomic E-state index is 14.0. The molecule has 2 unspecified atom stereocenters. The van der Waals surface area contributed by atoms with Gasteiger partial charge < -0.3 is 15.4 Å². The Kier molecular flexibility index (Phi) is 10.7. The Balaban J connectivity index is 0.00000200. The predicted octanol–water partition coefficient (Wildman–Crippen LogP) is 5.19. The summed E-state index contributed by atoms with van der Waals surface area (Å²) in [6, 6.07) is 22.9. The number of hydrogen-bond donors (Lipinski definition) is 1. The number of carbonyl (C=O) groups is 2. The highest BCUT2D eigenvalue weighted by Gasteiger charge is 2.56. The maximum Gasteiger partial charge on any atom is 0.316 e. The first-order valence-corrected chi connectivity index (χ1v) is 13.8. The van der Waals surface area contributed by atoms with Gasteiger partial charge in [-0.05, 0) is 34.2 Å². The van der Waals surface area contributed by atoms with Crippen molar-refractivity contribution >= 4 is 66.3 Å². The fraction of sp³-hybridized carbons (Fsp3) is 0.250. The smallest absolute Gasteiger partial charge is 0.316 e. The van der Waals surface area contributed by atoms with Crippen LogP contribution in [-0.2, 0) is 14.3 Å². The minimum atomic E-state index is -0.858. The number of thioether (sulfide) groups is 2. The van der Waals surface area contributed by atoms with Crippen LogP contribution in [0.25, 0.3) is 6.08 Å². The number of esters is 1. The number of nitrogens with two attached hydrogens (primary N) is 1. The molecule has 6 nitrogen and oxygen atoms in total. The van der Waals surface area contributed by atoms with Gasteiger partial charge in [0.2, 0.25) is 5.91 Å². The summed E-state index contributed by atoms with van der Waals surface area (Å²) < 4.78 is 6.28. The molecule has 0 aliphatic carbocycles. The highest BCUT2D eigenvalue weighted by atomic mass is 35.5. The first-order chi connectivity index (χ1) is 17.6. The van der Waals surface area contributed by atoms with Gasteiger partial charge in [-0.25, -0.2) is 0 Å². The third-order valence-corrected chi connectivity index (χ3v) is 9.11. The Morgan fingerprint density at radius 2 is 1.76 bits per heavy atom. The molecule has 3 atom stereocenters. The Labute approximate surface area is 243 Å². The predicted molar refractivity (Wildman–Crippen MR) is 159 cm³/mol. The number of aromatic nitrogens is 1. The second-order valence-electron chi connectivity index (χ2n) is 8.98. The van der Waals surface area contributed by atoms with Crippen LogP contribution in [0.15, 0.2) is 90.6 Å². The first kappa shape index (κ1) is 30.1. The second kappa shape index (κ2) is 13.5. The van der Waals surface area contributed by atoms with Gasteiger partial charge in [0.25, 0.3) is 0 Å². The lowest BCUT2D eigenvalue weighted by molar-refractivity contribution is -0.163. The van der Waals surface area contributed by atoms with Gasteiger partial charge in [-0.3, -0.25) is 14.6 Å². The van der Waals surface area contributed by atoms with E-state index in [0.29, 0.717) is 18.1 Å². The van der Waals surface area contributed by atoms with Gasteiger partial charge in [0.05, 0.1) is 0 Å². The molecule has 3 aromatic rings. The third kappa shape index (κ3) is 6.38. The first-order valence-electron chi connectivity index (χ1n) is 11.7. The van der Waals surface area contributed by atoms with Crippen molar-refractivity contribution in [3.05, 3.63) is 107 Å². The zero-order valence-corrected chi connectivity index (χ0v) is 23.7. The molecule has 10 heteroatoms. The molecule has 3 heterocycles. The van der Waals surface area contributed by atoms with E-state index in [1.165, 1.54) is 11.8 Å². The van der Waals surface area contributed by atoms with Crippen LogP contribution in [0, 0.1) is 5.41 Å². The Bertz CT molecular complexity index is 1200. The van der Waals surface area contributed by atoms with Crippen molar-refractivity contribution in [1.82, 2.24) is 9.88 Å². The number of ether oxygens (including phenoxy) is 1. The van der Waals surface area contributed by atoms with Crippen LogP contribution in [0.4, 0.5) is 0 Å². The van der Waals surface area contributed by atoms with Gasteiger partial charge >= 0.3 is 5.97 Å². The van der Waals surface area contributed by atoms with E-state index in [-0.39, 0.29) is 42.1 Å². The van der Waals surface area contributed by atoms with Crippen LogP contribution in [-0.4, -0.2) is 51.2 Å². The Morgan fingerprint density at radius 1 is 1.11 bits per heavy atom.